The number of carbonyl (C=O) groups excluding carboxylic acids is 2. The molecule has 1 saturated heterocycles. The lowest BCUT2D eigenvalue weighted by molar-refractivity contribution is -0.129. The number of hydrogen-bond acceptors (Lipinski definition) is 4. The number of carbonyl (C=O) groups is 2. The summed E-state index contributed by atoms with van der Waals surface area (Å²) in [6, 6.07) is 3.66. The second-order valence-electron chi connectivity index (χ2n) is 8.29. The summed E-state index contributed by atoms with van der Waals surface area (Å²) in [5, 5.41) is 3.15. The second-order valence-corrected chi connectivity index (χ2v) is 8.29. The molecule has 1 aliphatic heterocycles. The topological polar surface area (TPSA) is 65.8 Å². The van der Waals surface area contributed by atoms with Crippen molar-refractivity contribution < 1.29 is 14.0 Å². The van der Waals surface area contributed by atoms with Crippen LogP contribution in [-0.2, 0) is 16.1 Å². The molecule has 6 heteroatoms. The first kappa shape index (κ1) is 19.0. The highest BCUT2D eigenvalue weighted by molar-refractivity contribution is 5.89. The molecule has 1 aromatic heterocycles. The van der Waals surface area contributed by atoms with Crippen LogP contribution < -0.4 is 5.32 Å². The maximum atomic E-state index is 12.7. The van der Waals surface area contributed by atoms with Crippen molar-refractivity contribution >= 4 is 11.8 Å². The van der Waals surface area contributed by atoms with Gasteiger partial charge in [0.1, 0.15) is 5.76 Å². The molecule has 1 N–H and O–H groups in total. The van der Waals surface area contributed by atoms with Crippen molar-refractivity contribution in [3.05, 3.63) is 24.2 Å². The molecule has 2 amide bonds. The fourth-order valence-electron chi connectivity index (χ4n) is 4.44. The minimum absolute atomic E-state index is 0.000235. The third-order valence-electron chi connectivity index (χ3n) is 6.12. The lowest BCUT2D eigenvalue weighted by Gasteiger charge is -2.45. The molecular weight excluding hydrogens is 330 g/mol. The fraction of sp³-hybridized carbons (Fsp3) is 0.700. The van der Waals surface area contributed by atoms with Gasteiger partial charge in [-0.2, -0.15) is 0 Å². The second kappa shape index (κ2) is 7.82. The molecule has 0 radical (unpaired) electrons. The first-order chi connectivity index (χ1) is 12.4. The van der Waals surface area contributed by atoms with Gasteiger partial charge in [0, 0.05) is 25.0 Å². The zero-order valence-corrected chi connectivity index (χ0v) is 16.2. The van der Waals surface area contributed by atoms with Crippen LogP contribution in [0.15, 0.2) is 22.8 Å². The Hall–Kier alpha value is -1.82. The molecule has 1 aromatic rings. The first-order valence-corrected chi connectivity index (χ1v) is 9.65. The number of nitrogens with zero attached hydrogens (tertiary/aromatic N) is 2. The lowest BCUT2D eigenvalue weighted by Crippen LogP contribution is -2.55. The standard InChI is InChI=1S/C20H31N3O3/c1-15-6-4-8-20(11-15,22(2)3)14-21-19(25)16-10-18(24)23(12-16)13-17-7-5-9-26-17/h5,7,9,15-16H,4,6,8,10-14H2,1-3H3,(H,21,25). The Balaban J connectivity index is 1.55. The molecule has 144 valence electrons. The maximum Gasteiger partial charge on any atom is 0.225 e. The summed E-state index contributed by atoms with van der Waals surface area (Å²) >= 11 is 0. The minimum Gasteiger partial charge on any atom is -0.467 e. The Morgan fingerprint density at radius 3 is 2.92 bits per heavy atom. The van der Waals surface area contributed by atoms with Crippen molar-refractivity contribution in [1.82, 2.24) is 15.1 Å². The van der Waals surface area contributed by atoms with Crippen LogP contribution >= 0.6 is 0 Å². The van der Waals surface area contributed by atoms with Crippen LogP contribution in [0.3, 0.4) is 0 Å². The summed E-state index contributed by atoms with van der Waals surface area (Å²) in [5.74, 6) is 1.19. The molecule has 1 saturated carbocycles. The fourth-order valence-corrected chi connectivity index (χ4v) is 4.44. The smallest absolute Gasteiger partial charge is 0.225 e. The van der Waals surface area contributed by atoms with E-state index in [1.54, 1.807) is 11.2 Å². The summed E-state index contributed by atoms with van der Waals surface area (Å²) in [7, 11) is 4.21. The van der Waals surface area contributed by atoms with Gasteiger partial charge >= 0.3 is 0 Å². The Bertz CT molecular complexity index is 628. The number of likely N-dealkylation sites (tertiary alicyclic amines) is 1. The number of rotatable bonds is 6. The normalized spacial score (nSPS) is 29.4. The molecule has 6 nitrogen and oxygen atoms in total. The Morgan fingerprint density at radius 2 is 2.27 bits per heavy atom. The van der Waals surface area contributed by atoms with Crippen LogP contribution in [0, 0.1) is 11.8 Å². The zero-order valence-electron chi connectivity index (χ0n) is 16.2. The number of likely N-dealkylation sites (N-methyl/N-ethyl adjacent to an activating group) is 1. The van der Waals surface area contributed by atoms with E-state index in [0.717, 1.165) is 18.6 Å². The molecule has 1 aliphatic carbocycles. The van der Waals surface area contributed by atoms with Gasteiger partial charge in [-0.05, 0) is 45.0 Å². The highest BCUT2D eigenvalue weighted by Gasteiger charge is 2.39. The number of amides is 2. The monoisotopic (exact) mass is 361 g/mol. The molecule has 2 fully saturated rings. The molecule has 3 unspecified atom stereocenters. The molecular formula is C20H31N3O3. The van der Waals surface area contributed by atoms with Crippen molar-refractivity contribution in [3.8, 4) is 0 Å². The van der Waals surface area contributed by atoms with E-state index in [0.29, 0.717) is 25.6 Å². The number of nitrogens with one attached hydrogen (secondary N) is 1. The molecule has 2 heterocycles. The van der Waals surface area contributed by atoms with Crippen LogP contribution in [0.5, 0.6) is 0 Å². The molecule has 2 aliphatic rings. The van der Waals surface area contributed by atoms with Crippen molar-refractivity contribution in [3.63, 3.8) is 0 Å². The SMILES string of the molecule is CC1CCCC(CNC(=O)C2CC(=O)N(Cc3ccco3)C2)(N(C)C)C1. The Kier molecular flexibility index (Phi) is 5.70. The van der Waals surface area contributed by atoms with Gasteiger partial charge in [0.05, 0.1) is 18.7 Å². The molecule has 0 bridgehead atoms. The van der Waals surface area contributed by atoms with Gasteiger partial charge in [0.2, 0.25) is 11.8 Å². The van der Waals surface area contributed by atoms with Crippen molar-refractivity contribution in [2.45, 2.75) is 51.1 Å². The van der Waals surface area contributed by atoms with E-state index in [-0.39, 0.29) is 29.7 Å². The summed E-state index contributed by atoms with van der Waals surface area (Å²) in [4.78, 5) is 28.9. The van der Waals surface area contributed by atoms with E-state index < -0.39 is 0 Å². The molecule has 3 rings (SSSR count). The molecule has 26 heavy (non-hydrogen) atoms. The average molecular weight is 361 g/mol. The quantitative estimate of drug-likeness (QED) is 0.844. The van der Waals surface area contributed by atoms with Gasteiger partial charge < -0.3 is 19.5 Å². The summed E-state index contributed by atoms with van der Waals surface area (Å²) in [5.41, 5.74) is 0.0315. The van der Waals surface area contributed by atoms with Crippen LogP contribution in [0.1, 0.15) is 44.8 Å². The molecule has 3 atom stereocenters. The highest BCUT2D eigenvalue weighted by atomic mass is 16.3. The van der Waals surface area contributed by atoms with E-state index >= 15 is 0 Å². The number of furan rings is 1. The summed E-state index contributed by atoms with van der Waals surface area (Å²) in [6.45, 7) is 3.86. The first-order valence-electron chi connectivity index (χ1n) is 9.65. The highest BCUT2D eigenvalue weighted by Crippen LogP contribution is 2.35. The van der Waals surface area contributed by atoms with Crippen molar-refractivity contribution in [2.75, 3.05) is 27.2 Å². The van der Waals surface area contributed by atoms with Gasteiger partial charge in [0.25, 0.3) is 0 Å². The zero-order chi connectivity index (χ0) is 18.7. The van der Waals surface area contributed by atoms with Gasteiger partial charge in [0.15, 0.2) is 0 Å². The van der Waals surface area contributed by atoms with Crippen molar-refractivity contribution in [2.24, 2.45) is 11.8 Å². The summed E-state index contributed by atoms with van der Waals surface area (Å²) in [6.07, 6.45) is 6.58. The number of hydrogen-bond donors (Lipinski definition) is 1. The van der Waals surface area contributed by atoms with E-state index in [2.05, 4.69) is 31.2 Å². The van der Waals surface area contributed by atoms with E-state index in [1.165, 1.54) is 12.8 Å². The third-order valence-corrected chi connectivity index (χ3v) is 6.12. The van der Waals surface area contributed by atoms with Gasteiger partial charge in [-0.1, -0.05) is 19.8 Å². The summed E-state index contributed by atoms with van der Waals surface area (Å²) < 4.78 is 5.32. The van der Waals surface area contributed by atoms with E-state index in [9.17, 15) is 9.59 Å². The molecule has 0 spiro atoms. The minimum atomic E-state index is -0.266. The van der Waals surface area contributed by atoms with E-state index in [1.807, 2.05) is 12.1 Å². The van der Waals surface area contributed by atoms with Gasteiger partial charge in [-0.25, -0.2) is 0 Å². The molecule has 0 aromatic carbocycles. The van der Waals surface area contributed by atoms with Crippen molar-refractivity contribution in [1.29, 1.82) is 0 Å². The van der Waals surface area contributed by atoms with Crippen LogP contribution in [0.4, 0.5) is 0 Å². The predicted molar refractivity (Wildman–Crippen MR) is 99.3 cm³/mol. The van der Waals surface area contributed by atoms with Gasteiger partial charge in [-0.15, -0.1) is 0 Å². The largest absolute Gasteiger partial charge is 0.467 e. The third kappa shape index (κ3) is 4.11. The maximum absolute atomic E-state index is 12.7. The predicted octanol–water partition coefficient (Wildman–Crippen LogP) is 2.25. The van der Waals surface area contributed by atoms with E-state index in [4.69, 9.17) is 4.42 Å². The van der Waals surface area contributed by atoms with Gasteiger partial charge in [-0.3, -0.25) is 9.59 Å². The van der Waals surface area contributed by atoms with Crippen LogP contribution in [0.2, 0.25) is 0 Å². The Labute approximate surface area is 155 Å². The van der Waals surface area contributed by atoms with Crippen LogP contribution in [-0.4, -0.2) is 54.3 Å². The average Bonchev–Trinajstić information content (AvgIpc) is 3.23. The van der Waals surface area contributed by atoms with Crippen LogP contribution in [0.25, 0.3) is 0 Å². The lowest BCUT2D eigenvalue weighted by atomic mass is 9.75. The Morgan fingerprint density at radius 1 is 1.46 bits per heavy atom.